The van der Waals surface area contributed by atoms with Crippen molar-refractivity contribution in [1.29, 1.82) is 0 Å². The number of nitrogens with zero attached hydrogens (tertiary/aromatic N) is 2. The summed E-state index contributed by atoms with van der Waals surface area (Å²) in [6.45, 7) is 5.07. The van der Waals surface area contributed by atoms with Crippen LogP contribution in [0.5, 0.6) is 5.75 Å². The number of aryl methyl sites for hydroxylation is 2. The Hall–Kier alpha value is -2.96. The van der Waals surface area contributed by atoms with Crippen molar-refractivity contribution in [2.75, 3.05) is 32.8 Å². The number of carbonyl (C=O) groups excluding carboxylic acids is 2. The highest BCUT2D eigenvalue weighted by molar-refractivity contribution is 5.94. The van der Waals surface area contributed by atoms with E-state index in [4.69, 9.17) is 4.74 Å². The quantitative estimate of drug-likeness (QED) is 0.809. The summed E-state index contributed by atoms with van der Waals surface area (Å²) in [5.74, 6) is -1.62. The molecule has 2 aromatic rings. The number of piperazine rings is 1. The number of hydrogen-bond donors (Lipinski definition) is 0. The molecule has 7 heteroatoms. The molecule has 0 N–H and O–H groups in total. The minimum absolute atomic E-state index is 0.0789. The van der Waals surface area contributed by atoms with Crippen molar-refractivity contribution in [3.63, 3.8) is 0 Å². The molecule has 28 heavy (non-hydrogen) atoms. The second kappa shape index (κ2) is 8.37. The Morgan fingerprint density at radius 2 is 1.64 bits per heavy atom. The van der Waals surface area contributed by atoms with Crippen molar-refractivity contribution >= 4 is 11.8 Å². The van der Waals surface area contributed by atoms with Gasteiger partial charge in [-0.25, -0.2) is 8.78 Å². The van der Waals surface area contributed by atoms with Crippen LogP contribution in [0, 0.1) is 25.5 Å². The van der Waals surface area contributed by atoms with Crippen LogP contribution < -0.4 is 4.74 Å². The molecule has 1 fully saturated rings. The minimum Gasteiger partial charge on any atom is -0.484 e. The largest absolute Gasteiger partial charge is 0.484 e. The lowest BCUT2D eigenvalue weighted by atomic mass is 10.1. The number of ether oxygens (including phenoxy) is 1. The molecule has 0 unspecified atom stereocenters. The molecule has 1 heterocycles. The topological polar surface area (TPSA) is 49.9 Å². The molecule has 2 aromatic carbocycles. The maximum absolute atomic E-state index is 13.8. The summed E-state index contributed by atoms with van der Waals surface area (Å²) in [6.07, 6.45) is 0. The Balaban J connectivity index is 1.53. The Morgan fingerprint density at radius 3 is 2.29 bits per heavy atom. The van der Waals surface area contributed by atoms with E-state index in [0.29, 0.717) is 24.9 Å². The molecule has 1 aliphatic heterocycles. The highest BCUT2D eigenvalue weighted by Crippen LogP contribution is 2.19. The molecule has 0 radical (unpaired) electrons. The van der Waals surface area contributed by atoms with Gasteiger partial charge in [-0.3, -0.25) is 9.59 Å². The average molecular weight is 388 g/mol. The van der Waals surface area contributed by atoms with Crippen LogP contribution >= 0.6 is 0 Å². The van der Waals surface area contributed by atoms with Crippen molar-refractivity contribution in [3.05, 3.63) is 64.7 Å². The molecule has 2 amide bonds. The number of hydrogen-bond acceptors (Lipinski definition) is 3. The fourth-order valence-corrected chi connectivity index (χ4v) is 3.18. The second-order valence-corrected chi connectivity index (χ2v) is 6.85. The maximum Gasteiger partial charge on any atom is 0.260 e. The van der Waals surface area contributed by atoms with Crippen LogP contribution in [-0.4, -0.2) is 54.4 Å². The predicted molar refractivity (Wildman–Crippen MR) is 100 cm³/mol. The summed E-state index contributed by atoms with van der Waals surface area (Å²) in [4.78, 5) is 27.9. The van der Waals surface area contributed by atoms with E-state index in [2.05, 4.69) is 0 Å². The monoisotopic (exact) mass is 388 g/mol. The highest BCUT2D eigenvalue weighted by atomic mass is 19.1. The van der Waals surface area contributed by atoms with Gasteiger partial charge in [0.25, 0.3) is 11.8 Å². The van der Waals surface area contributed by atoms with Crippen molar-refractivity contribution < 1.29 is 23.1 Å². The van der Waals surface area contributed by atoms with E-state index in [-0.39, 0.29) is 31.2 Å². The van der Waals surface area contributed by atoms with Crippen LogP contribution in [0.1, 0.15) is 21.5 Å². The van der Waals surface area contributed by atoms with Crippen LogP contribution in [0.15, 0.2) is 36.4 Å². The summed E-state index contributed by atoms with van der Waals surface area (Å²) in [5.41, 5.74) is 1.92. The number of amides is 2. The fourth-order valence-electron chi connectivity index (χ4n) is 3.18. The fraction of sp³-hybridized carbons (Fsp3) is 0.333. The minimum atomic E-state index is -0.884. The van der Waals surface area contributed by atoms with Crippen molar-refractivity contribution in [1.82, 2.24) is 9.80 Å². The predicted octanol–water partition coefficient (Wildman–Crippen LogP) is 2.95. The maximum atomic E-state index is 13.8. The van der Waals surface area contributed by atoms with E-state index in [9.17, 15) is 18.4 Å². The molecule has 0 saturated carbocycles. The number of benzene rings is 2. The van der Waals surface area contributed by atoms with Gasteiger partial charge in [0.15, 0.2) is 6.61 Å². The zero-order chi connectivity index (χ0) is 20.3. The first kappa shape index (κ1) is 19.8. The molecule has 1 saturated heterocycles. The first-order valence-electron chi connectivity index (χ1n) is 9.07. The van der Waals surface area contributed by atoms with Crippen LogP contribution in [0.25, 0.3) is 0 Å². The van der Waals surface area contributed by atoms with Gasteiger partial charge in [0.1, 0.15) is 17.4 Å². The lowest BCUT2D eigenvalue weighted by molar-refractivity contribution is -0.134. The van der Waals surface area contributed by atoms with E-state index in [0.717, 1.165) is 23.3 Å². The summed E-state index contributed by atoms with van der Waals surface area (Å²) >= 11 is 0. The van der Waals surface area contributed by atoms with Gasteiger partial charge in [-0.15, -0.1) is 0 Å². The third-order valence-corrected chi connectivity index (χ3v) is 4.76. The van der Waals surface area contributed by atoms with Gasteiger partial charge < -0.3 is 14.5 Å². The number of carbonyl (C=O) groups is 2. The van der Waals surface area contributed by atoms with Gasteiger partial charge in [-0.2, -0.15) is 0 Å². The molecule has 148 valence electrons. The standard InChI is InChI=1S/C21H22F2N2O3/c1-14-3-6-19(15(2)11-14)28-13-20(26)24-7-9-25(10-8-24)21(27)17-5-4-16(22)12-18(17)23/h3-6,11-12H,7-10,13H2,1-2H3. The Morgan fingerprint density at radius 1 is 0.964 bits per heavy atom. The Bertz CT molecular complexity index is 893. The van der Waals surface area contributed by atoms with Gasteiger partial charge in [0.2, 0.25) is 0 Å². The second-order valence-electron chi connectivity index (χ2n) is 6.85. The summed E-state index contributed by atoms with van der Waals surface area (Å²) in [6, 6.07) is 8.64. The third kappa shape index (κ3) is 4.47. The normalized spacial score (nSPS) is 14.1. The highest BCUT2D eigenvalue weighted by Gasteiger charge is 2.26. The van der Waals surface area contributed by atoms with Gasteiger partial charge in [0.05, 0.1) is 5.56 Å². The molecule has 0 bridgehead atoms. The molecule has 3 rings (SSSR count). The number of halogens is 2. The summed E-state index contributed by atoms with van der Waals surface area (Å²) < 4.78 is 32.4. The van der Waals surface area contributed by atoms with Crippen LogP contribution in [0.4, 0.5) is 8.78 Å². The van der Waals surface area contributed by atoms with Gasteiger partial charge in [-0.05, 0) is 37.6 Å². The average Bonchev–Trinajstić information content (AvgIpc) is 2.67. The molecule has 0 aromatic heterocycles. The smallest absolute Gasteiger partial charge is 0.260 e. The van der Waals surface area contributed by atoms with E-state index in [1.54, 1.807) is 4.90 Å². The molecule has 0 spiro atoms. The lowest BCUT2D eigenvalue weighted by Crippen LogP contribution is -2.51. The SMILES string of the molecule is Cc1ccc(OCC(=O)N2CCN(C(=O)c3ccc(F)cc3F)CC2)c(C)c1. The lowest BCUT2D eigenvalue weighted by Gasteiger charge is -2.34. The summed E-state index contributed by atoms with van der Waals surface area (Å²) in [5, 5.41) is 0. The Labute approximate surface area is 162 Å². The van der Waals surface area contributed by atoms with E-state index in [1.165, 1.54) is 4.90 Å². The van der Waals surface area contributed by atoms with E-state index in [1.807, 2.05) is 32.0 Å². The zero-order valence-electron chi connectivity index (χ0n) is 15.9. The van der Waals surface area contributed by atoms with Gasteiger partial charge >= 0.3 is 0 Å². The van der Waals surface area contributed by atoms with Crippen LogP contribution in [0.2, 0.25) is 0 Å². The van der Waals surface area contributed by atoms with Crippen molar-refractivity contribution in [3.8, 4) is 5.75 Å². The molecular formula is C21H22F2N2O3. The van der Waals surface area contributed by atoms with Crippen molar-refractivity contribution in [2.24, 2.45) is 0 Å². The first-order valence-corrected chi connectivity index (χ1v) is 9.07. The van der Waals surface area contributed by atoms with Crippen LogP contribution in [-0.2, 0) is 4.79 Å². The van der Waals surface area contributed by atoms with E-state index < -0.39 is 17.5 Å². The number of rotatable bonds is 4. The molecule has 0 aliphatic carbocycles. The molecule has 5 nitrogen and oxygen atoms in total. The molecule has 0 atom stereocenters. The van der Waals surface area contributed by atoms with Crippen LogP contribution in [0.3, 0.4) is 0 Å². The molecule has 1 aliphatic rings. The first-order chi connectivity index (χ1) is 13.3. The third-order valence-electron chi connectivity index (χ3n) is 4.76. The van der Waals surface area contributed by atoms with Crippen molar-refractivity contribution in [2.45, 2.75) is 13.8 Å². The van der Waals surface area contributed by atoms with Gasteiger partial charge in [0, 0.05) is 32.2 Å². The van der Waals surface area contributed by atoms with E-state index >= 15 is 0 Å². The zero-order valence-corrected chi connectivity index (χ0v) is 15.9. The van der Waals surface area contributed by atoms with Gasteiger partial charge in [-0.1, -0.05) is 17.7 Å². The summed E-state index contributed by atoms with van der Waals surface area (Å²) in [7, 11) is 0. The molecular weight excluding hydrogens is 366 g/mol. The Kier molecular flexibility index (Phi) is 5.92.